The molecule has 2 aliphatic heterocycles. The number of fused-ring (bicyclic) bond motifs is 1. The summed E-state index contributed by atoms with van der Waals surface area (Å²) in [6.07, 6.45) is 2.50. The maximum atomic E-state index is 14.2. The molecule has 18 heavy (non-hydrogen) atoms. The topological polar surface area (TPSA) is 41.0 Å². The molecule has 0 spiro atoms. The van der Waals surface area contributed by atoms with Crippen LogP contribution in [0, 0.1) is 24.6 Å². The fourth-order valence-electron chi connectivity index (χ4n) is 3.43. The molecule has 1 aromatic heterocycles. The Bertz CT molecular complexity index is 451. The predicted octanol–water partition coefficient (Wildman–Crippen LogP) is 1.36. The summed E-state index contributed by atoms with van der Waals surface area (Å²) >= 11 is 0. The van der Waals surface area contributed by atoms with Crippen molar-refractivity contribution in [3.63, 3.8) is 0 Å². The van der Waals surface area contributed by atoms with E-state index in [-0.39, 0.29) is 5.82 Å². The van der Waals surface area contributed by atoms with Crippen LogP contribution in [0.4, 0.5) is 10.2 Å². The van der Waals surface area contributed by atoms with Crippen LogP contribution in [0.15, 0.2) is 6.33 Å². The van der Waals surface area contributed by atoms with Crippen molar-refractivity contribution in [1.29, 1.82) is 0 Å². The van der Waals surface area contributed by atoms with Crippen LogP contribution >= 0.6 is 0 Å². The lowest BCUT2D eigenvalue weighted by Gasteiger charge is -2.28. The summed E-state index contributed by atoms with van der Waals surface area (Å²) in [6, 6.07) is 0.397. The first-order valence-corrected chi connectivity index (χ1v) is 6.66. The lowest BCUT2D eigenvalue weighted by molar-refractivity contribution is 0.439. The van der Waals surface area contributed by atoms with Crippen molar-refractivity contribution in [3.05, 3.63) is 17.8 Å². The molecule has 0 amide bonds. The highest BCUT2D eigenvalue weighted by atomic mass is 19.1. The molecule has 4 nitrogen and oxygen atoms in total. The van der Waals surface area contributed by atoms with Gasteiger partial charge in [-0.2, -0.15) is 0 Å². The molecule has 0 radical (unpaired) electrons. The van der Waals surface area contributed by atoms with Crippen molar-refractivity contribution in [3.8, 4) is 0 Å². The smallest absolute Gasteiger partial charge is 0.186 e. The van der Waals surface area contributed by atoms with Gasteiger partial charge in [0.05, 0.1) is 5.69 Å². The Kier molecular flexibility index (Phi) is 2.93. The second kappa shape index (κ2) is 4.46. The van der Waals surface area contributed by atoms with Crippen LogP contribution in [0.25, 0.3) is 0 Å². The largest absolute Gasteiger partial charge is 0.350 e. The fourth-order valence-corrected chi connectivity index (χ4v) is 3.43. The molecule has 0 aromatic carbocycles. The third-order valence-electron chi connectivity index (χ3n) is 4.35. The van der Waals surface area contributed by atoms with Crippen molar-refractivity contribution in [1.82, 2.24) is 15.3 Å². The zero-order valence-electron chi connectivity index (χ0n) is 10.9. The number of nitrogens with one attached hydrogen (secondary N) is 1. The van der Waals surface area contributed by atoms with Gasteiger partial charge >= 0.3 is 0 Å². The van der Waals surface area contributed by atoms with Crippen LogP contribution in [0.3, 0.4) is 0 Å². The molecule has 2 fully saturated rings. The SMILES string of the molecule is CCC1C2CNCC2CN1c1ncnc(C)c1F. The highest BCUT2D eigenvalue weighted by molar-refractivity contribution is 5.44. The third kappa shape index (κ3) is 1.68. The van der Waals surface area contributed by atoms with Gasteiger partial charge in [0, 0.05) is 25.7 Å². The van der Waals surface area contributed by atoms with Gasteiger partial charge in [-0.3, -0.25) is 0 Å². The van der Waals surface area contributed by atoms with Gasteiger partial charge in [-0.25, -0.2) is 14.4 Å². The van der Waals surface area contributed by atoms with Crippen molar-refractivity contribution in [2.24, 2.45) is 11.8 Å². The van der Waals surface area contributed by atoms with Crippen LogP contribution < -0.4 is 10.2 Å². The van der Waals surface area contributed by atoms with Crippen molar-refractivity contribution >= 4 is 5.82 Å². The molecule has 2 saturated heterocycles. The van der Waals surface area contributed by atoms with Gasteiger partial charge in [-0.1, -0.05) is 6.92 Å². The zero-order valence-corrected chi connectivity index (χ0v) is 10.9. The molecule has 1 aromatic rings. The van der Waals surface area contributed by atoms with Gasteiger partial charge in [0.2, 0.25) is 0 Å². The Morgan fingerprint density at radius 3 is 3.06 bits per heavy atom. The van der Waals surface area contributed by atoms with Gasteiger partial charge < -0.3 is 10.2 Å². The van der Waals surface area contributed by atoms with Gasteiger partial charge in [0.15, 0.2) is 11.6 Å². The molecule has 3 heterocycles. The minimum absolute atomic E-state index is 0.260. The average Bonchev–Trinajstić information content (AvgIpc) is 2.92. The van der Waals surface area contributed by atoms with E-state index in [9.17, 15) is 4.39 Å². The molecule has 2 aliphatic rings. The first kappa shape index (κ1) is 11.8. The number of nitrogens with zero attached hydrogens (tertiary/aromatic N) is 3. The molecule has 3 rings (SSSR count). The Morgan fingerprint density at radius 1 is 1.44 bits per heavy atom. The van der Waals surface area contributed by atoms with E-state index in [1.165, 1.54) is 6.33 Å². The monoisotopic (exact) mass is 250 g/mol. The van der Waals surface area contributed by atoms with Crippen LogP contribution in [-0.2, 0) is 0 Å². The molecule has 3 atom stereocenters. The minimum Gasteiger partial charge on any atom is -0.350 e. The number of anilines is 1. The molecule has 0 aliphatic carbocycles. The number of aromatic nitrogens is 2. The number of rotatable bonds is 2. The fraction of sp³-hybridized carbons (Fsp3) is 0.692. The van der Waals surface area contributed by atoms with Gasteiger partial charge in [-0.05, 0) is 25.2 Å². The van der Waals surface area contributed by atoms with Crippen molar-refractivity contribution in [2.45, 2.75) is 26.3 Å². The van der Waals surface area contributed by atoms with Crippen molar-refractivity contribution < 1.29 is 4.39 Å². The minimum atomic E-state index is -0.260. The summed E-state index contributed by atoms with van der Waals surface area (Å²) in [7, 11) is 0. The quantitative estimate of drug-likeness (QED) is 0.860. The Labute approximate surface area is 107 Å². The normalized spacial score (nSPS) is 30.8. The second-order valence-electron chi connectivity index (χ2n) is 5.31. The van der Waals surface area contributed by atoms with Crippen LogP contribution in [-0.4, -0.2) is 35.6 Å². The summed E-state index contributed by atoms with van der Waals surface area (Å²) in [5, 5.41) is 3.43. The summed E-state index contributed by atoms with van der Waals surface area (Å²) in [4.78, 5) is 10.2. The number of hydrogen-bond donors (Lipinski definition) is 1. The van der Waals surface area contributed by atoms with Crippen LogP contribution in [0.1, 0.15) is 19.0 Å². The standard InChI is InChI=1S/C13H19FN4/c1-3-11-10-5-15-4-9(10)6-18(11)13-12(14)8(2)16-7-17-13/h7,9-11,15H,3-6H2,1-2H3. The molecular weight excluding hydrogens is 231 g/mol. The Morgan fingerprint density at radius 2 is 2.28 bits per heavy atom. The van der Waals surface area contributed by atoms with Gasteiger partial charge in [-0.15, -0.1) is 0 Å². The number of hydrogen-bond acceptors (Lipinski definition) is 4. The first-order valence-electron chi connectivity index (χ1n) is 6.66. The van der Waals surface area contributed by atoms with E-state index >= 15 is 0 Å². The van der Waals surface area contributed by atoms with E-state index in [1.807, 2.05) is 0 Å². The molecule has 1 N–H and O–H groups in total. The lowest BCUT2D eigenvalue weighted by atomic mass is 9.93. The van der Waals surface area contributed by atoms with E-state index in [4.69, 9.17) is 0 Å². The van der Waals surface area contributed by atoms with Gasteiger partial charge in [0.25, 0.3) is 0 Å². The maximum Gasteiger partial charge on any atom is 0.186 e. The van der Waals surface area contributed by atoms with Gasteiger partial charge in [0.1, 0.15) is 6.33 Å². The van der Waals surface area contributed by atoms with E-state index in [0.717, 1.165) is 26.1 Å². The predicted molar refractivity (Wildman–Crippen MR) is 68.0 cm³/mol. The van der Waals surface area contributed by atoms with Crippen LogP contribution in [0.2, 0.25) is 0 Å². The van der Waals surface area contributed by atoms with Crippen molar-refractivity contribution in [2.75, 3.05) is 24.5 Å². The molecule has 5 heteroatoms. The molecule has 3 unspecified atom stereocenters. The molecule has 0 bridgehead atoms. The Hall–Kier alpha value is -1.23. The summed E-state index contributed by atoms with van der Waals surface area (Å²) < 4.78 is 14.2. The second-order valence-corrected chi connectivity index (χ2v) is 5.31. The number of aryl methyl sites for hydroxylation is 1. The van der Waals surface area contributed by atoms with Crippen LogP contribution in [0.5, 0.6) is 0 Å². The van der Waals surface area contributed by atoms with E-state index < -0.39 is 0 Å². The zero-order chi connectivity index (χ0) is 12.7. The van der Waals surface area contributed by atoms with E-state index in [0.29, 0.717) is 29.4 Å². The molecular formula is C13H19FN4. The summed E-state index contributed by atoms with van der Waals surface area (Å²) in [5.41, 5.74) is 0.435. The Balaban J connectivity index is 1.94. The molecule has 98 valence electrons. The summed E-state index contributed by atoms with van der Waals surface area (Å²) in [6.45, 7) is 6.86. The average molecular weight is 250 g/mol. The maximum absolute atomic E-state index is 14.2. The number of halogens is 1. The third-order valence-corrected chi connectivity index (χ3v) is 4.35. The lowest BCUT2D eigenvalue weighted by Crippen LogP contribution is -2.36. The first-order chi connectivity index (χ1) is 8.72. The molecule has 0 saturated carbocycles. The highest BCUT2D eigenvalue weighted by Crippen LogP contribution is 2.37. The van der Waals surface area contributed by atoms with E-state index in [1.54, 1.807) is 6.92 Å². The van der Waals surface area contributed by atoms with E-state index in [2.05, 4.69) is 27.1 Å². The highest BCUT2D eigenvalue weighted by Gasteiger charge is 2.44. The summed E-state index contributed by atoms with van der Waals surface area (Å²) in [5.74, 6) is 1.49.